The molecule has 0 saturated heterocycles. The van der Waals surface area contributed by atoms with Gasteiger partial charge < -0.3 is 0 Å². The molecule has 6 aromatic carbocycles. The molecule has 7 heteroatoms. The van der Waals surface area contributed by atoms with Gasteiger partial charge in [0, 0.05) is 0 Å². The average Bonchev–Trinajstić information content (AvgIpc) is 3.09. The molecule has 0 unspecified atom stereocenters. The van der Waals surface area contributed by atoms with Crippen LogP contribution in [0.2, 0.25) is 0 Å². The zero-order valence-electron chi connectivity index (χ0n) is 23.2. The summed E-state index contributed by atoms with van der Waals surface area (Å²) in [4.78, 5) is 0. The Balaban J connectivity index is 0.000000173. The molecule has 0 bridgehead atoms. The third kappa shape index (κ3) is 7.08. The van der Waals surface area contributed by atoms with Gasteiger partial charge in [-0.25, -0.2) is 0 Å². The van der Waals surface area contributed by atoms with Crippen LogP contribution in [-0.4, -0.2) is 47.1 Å². The maximum atomic E-state index is 16.1. The Bertz CT molecular complexity index is 1570. The van der Waals surface area contributed by atoms with Gasteiger partial charge in [0.05, 0.1) is 0 Å². The molecule has 0 atom stereocenters. The summed E-state index contributed by atoms with van der Waals surface area (Å²) in [6.45, 7) is 0. The Hall–Kier alpha value is -3.33. The first-order chi connectivity index (χ1) is 21.0. The third-order valence-electron chi connectivity index (χ3n) is 6.60. The summed E-state index contributed by atoms with van der Waals surface area (Å²) in [5.74, 6) is 0. The molecule has 0 N–H and O–H groups in total. The summed E-state index contributed by atoms with van der Waals surface area (Å²) >= 11 is -11.0. The molecule has 0 amide bonds. The van der Waals surface area contributed by atoms with Gasteiger partial charge in [0.1, 0.15) is 0 Å². The minimum absolute atomic E-state index is 0.807. The van der Waals surface area contributed by atoms with E-state index >= 15 is 3.55 Å². The Morgan fingerprint density at radius 1 is 0.372 bits per heavy atom. The summed E-state index contributed by atoms with van der Waals surface area (Å²) < 4.78 is 50.6. The van der Waals surface area contributed by atoms with Crippen LogP contribution in [0.4, 0.5) is 3.55 Å². The van der Waals surface area contributed by atoms with E-state index in [0.717, 1.165) is 26.8 Å². The van der Waals surface area contributed by atoms with Crippen molar-refractivity contribution < 1.29 is 11.7 Å². The van der Waals surface area contributed by atoms with E-state index < -0.39 is 47.1 Å². The van der Waals surface area contributed by atoms with E-state index in [2.05, 4.69) is 0 Å². The predicted octanol–water partition coefficient (Wildman–Crippen LogP) is 4.14. The SMILES string of the molecule is F[Se](c1ccccc1)(c1ccccc1)c1ccccc1.[O]=[Sb](=[O])[O][Se](c1ccccc1)(c1ccccc1)c1ccccc1. The van der Waals surface area contributed by atoms with Crippen LogP contribution in [0, 0.1) is 0 Å². The van der Waals surface area contributed by atoms with Crippen molar-refractivity contribution in [2.45, 2.75) is 0 Å². The van der Waals surface area contributed by atoms with Crippen LogP contribution in [-0.2, 0) is 8.13 Å². The molecule has 6 rings (SSSR count). The van der Waals surface area contributed by atoms with Gasteiger partial charge in [-0.05, 0) is 0 Å². The van der Waals surface area contributed by atoms with Crippen LogP contribution in [0.15, 0.2) is 182 Å². The zero-order valence-corrected chi connectivity index (χ0v) is 29.2. The first-order valence-electron chi connectivity index (χ1n) is 13.6. The molecule has 6 aromatic rings. The van der Waals surface area contributed by atoms with Crippen LogP contribution in [0.5, 0.6) is 0 Å². The van der Waals surface area contributed by atoms with E-state index in [1.54, 1.807) is 0 Å². The second-order valence-corrected chi connectivity index (χ2v) is 23.6. The van der Waals surface area contributed by atoms with Gasteiger partial charge in [-0.15, -0.1) is 0 Å². The number of halogens is 1. The monoisotopic (exact) mass is 810 g/mol. The van der Waals surface area contributed by atoms with Crippen molar-refractivity contribution in [2.24, 2.45) is 0 Å². The van der Waals surface area contributed by atoms with Crippen LogP contribution in [0.3, 0.4) is 0 Å². The summed E-state index contributed by atoms with van der Waals surface area (Å²) in [5.41, 5.74) is 0. The summed E-state index contributed by atoms with van der Waals surface area (Å²) in [6.07, 6.45) is 0. The minimum atomic E-state index is -4.18. The first kappa shape index (κ1) is 31.1. The van der Waals surface area contributed by atoms with Gasteiger partial charge in [0.2, 0.25) is 0 Å². The van der Waals surface area contributed by atoms with Crippen molar-refractivity contribution in [1.29, 1.82) is 0 Å². The molecule has 0 radical (unpaired) electrons. The van der Waals surface area contributed by atoms with Gasteiger partial charge in [0.25, 0.3) is 0 Å². The van der Waals surface area contributed by atoms with Crippen LogP contribution in [0.1, 0.15) is 0 Å². The Kier molecular flexibility index (Phi) is 10.8. The van der Waals surface area contributed by atoms with Crippen molar-refractivity contribution in [2.75, 3.05) is 0 Å². The van der Waals surface area contributed by atoms with E-state index in [0.29, 0.717) is 0 Å². The first-order valence-corrected chi connectivity index (χ1v) is 23.2. The van der Waals surface area contributed by atoms with E-state index in [1.165, 1.54) is 0 Å². The maximum absolute atomic E-state index is 16.1. The fourth-order valence-electron chi connectivity index (χ4n) is 4.70. The van der Waals surface area contributed by atoms with Crippen LogP contribution >= 0.6 is 0 Å². The van der Waals surface area contributed by atoms with Crippen molar-refractivity contribution >= 4 is 73.9 Å². The molecule has 0 spiro atoms. The molecule has 3 nitrogen and oxygen atoms in total. The molecule has 0 heterocycles. The second-order valence-electron chi connectivity index (χ2n) is 9.27. The van der Waals surface area contributed by atoms with Crippen LogP contribution < -0.4 is 26.8 Å². The standard InChI is InChI=1S/C18H15FSe.C18H16OSe.2O.Sb/c2*19-20(16-10-4-1-5-11-16,17-12-6-2-7-13-17)18-14-8-3-9-15-18;;;/h1-15H;1-15,19H;;;/q;;;;+1/p-1. The number of benzene rings is 6. The molecule has 216 valence electrons. The topological polar surface area (TPSA) is 43.4 Å². The Morgan fingerprint density at radius 3 is 0.791 bits per heavy atom. The molecule has 0 aliphatic rings. The van der Waals surface area contributed by atoms with E-state index in [4.69, 9.17) is 2.10 Å². The fraction of sp³-hybridized carbons (Fsp3) is 0. The molecule has 0 saturated carbocycles. The molecule has 43 heavy (non-hydrogen) atoms. The van der Waals surface area contributed by atoms with Crippen molar-refractivity contribution in [3.63, 3.8) is 0 Å². The Morgan fingerprint density at radius 2 is 0.581 bits per heavy atom. The molecule has 0 aromatic heterocycles. The summed E-state index contributed by atoms with van der Waals surface area (Å²) in [6, 6.07) is 57.8. The van der Waals surface area contributed by atoms with Gasteiger partial charge in [-0.1, -0.05) is 0 Å². The van der Waals surface area contributed by atoms with Gasteiger partial charge in [0.15, 0.2) is 0 Å². The molecular formula is C36H30FO3SbSe2. The van der Waals surface area contributed by atoms with Gasteiger partial charge in [-0.2, -0.15) is 0 Å². The van der Waals surface area contributed by atoms with Crippen molar-refractivity contribution in [1.82, 2.24) is 0 Å². The summed E-state index contributed by atoms with van der Waals surface area (Å²) in [7, 11) is 0. The second kappa shape index (κ2) is 14.9. The number of hydrogen-bond donors (Lipinski definition) is 0. The zero-order chi connectivity index (χ0) is 30.0. The van der Waals surface area contributed by atoms with Gasteiger partial charge >= 0.3 is 268 Å². The fourth-order valence-corrected chi connectivity index (χ4v) is 22.3. The molecule has 0 fully saturated rings. The Labute approximate surface area is 265 Å². The quantitative estimate of drug-likeness (QED) is 0.218. The number of rotatable bonds is 8. The average molecular weight is 809 g/mol. The van der Waals surface area contributed by atoms with Crippen LogP contribution in [0.25, 0.3) is 0 Å². The van der Waals surface area contributed by atoms with Crippen molar-refractivity contribution in [3.05, 3.63) is 182 Å². The van der Waals surface area contributed by atoms with E-state index in [1.807, 2.05) is 182 Å². The molecular weight excluding hydrogens is 779 g/mol. The molecule has 0 aliphatic carbocycles. The predicted molar refractivity (Wildman–Crippen MR) is 177 cm³/mol. The van der Waals surface area contributed by atoms with E-state index in [-0.39, 0.29) is 0 Å². The van der Waals surface area contributed by atoms with E-state index in [9.17, 15) is 6.03 Å². The molecule has 0 aliphatic heterocycles. The number of hydrogen-bond acceptors (Lipinski definition) is 3. The van der Waals surface area contributed by atoms with Crippen molar-refractivity contribution in [3.8, 4) is 0 Å². The summed E-state index contributed by atoms with van der Waals surface area (Å²) in [5, 5.41) is 0. The third-order valence-corrected chi connectivity index (χ3v) is 24.1. The van der Waals surface area contributed by atoms with Gasteiger partial charge in [-0.3, -0.25) is 0 Å². The normalized spacial score (nSPS) is 11.9.